The van der Waals surface area contributed by atoms with Gasteiger partial charge in [-0.25, -0.2) is 0 Å². The highest BCUT2D eigenvalue weighted by Gasteiger charge is 1.69. The van der Waals surface area contributed by atoms with E-state index in [1.54, 1.807) is 18.6 Å². The van der Waals surface area contributed by atoms with Crippen LogP contribution in [0.25, 0.3) is 0 Å². The molecular formula is C3H8O4. The molecule has 0 amide bonds. The van der Waals surface area contributed by atoms with Gasteiger partial charge in [-0.15, -0.1) is 0 Å². The van der Waals surface area contributed by atoms with Crippen molar-refractivity contribution in [1.82, 2.24) is 0 Å². The highest BCUT2D eigenvalue weighted by molar-refractivity contribution is 4.21. The number of hydrogen-bond donors (Lipinski definition) is 1. The van der Waals surface area contributed by atoms with E-state index in [2.05, 4.69) is 0 Å². The molecule has 0 fully saturated rings. The van der Waals surface area contributed by atoms with Gasteiger partial charge in [-0.1, -0.05) is 10.2 Å². The van der Waals surface area contributed by atoms with E-state index in [0.717, 1.165) is 0 Å². The van der Waals surface area contributed by atoms with Crippen molar-refractivity contribution in [3.05, 3.63) is 9.71 Å². The lowest BCUT2D eigenvalue weighted by Crippen LogP contribution is -1.85. The fourth-order valence-corrected chi connectivity index (χ4v) is 0. The quantitative estimate of drug-likeness (QED) is 0.252. The minimum absolute atomic E-state index is 0.167. The zero-order valence-corrected chi connectivity index (χ0v) is 4.25. The van der Waals surface area contributed by atoms with E-state index in [0.29, 0.717) is 0 Å². The van der Waals surface area contributed by atoms with Crippen LogP contribution in [-0.4, -0.2) is 11.2 Å². The molecule has 44 valence electrons. The summed E-state index contributed by atoms with van der Waals surface area (Å²) in [6.45, 7) is 3.44. The molecule has 4 nitrogen and oxygen atoms in total. The Bertz CT molecular complexity index is 31.2. The van der Waals surface area contributed by atoms with Gasteiger partial charge in [0.2, 0.25) is 0 Å². The van der Waals surface area contributed by atoms with Crippen LogP contribution in [-0.2, 0) is 0 Å². The molecule has 0 aliphatic heterocycles. The first kappa shape index (κ1) is 9.61. The van der Waals surface area contributed by atoms with Crippen LogP contribution in [0.3, 0.4) is 0 Å². The summed E-state index contributed by atoms with van der Waals surface area (Å²) in [5, 5.41) is 15.9. The minimum Gasteiger partial charge on any atom is -0.394 e. The molecule has 0 aromatic heterocycles. The molecule has 0 aromatic carbocycles. The van der Waals surface area contributed by atoms with E-state index < -0.39 is 0 Å². The molecule has 7 heavy (non-hydrogen) atoms. The van der Waals surface area contributed by atoms with E-state index >= 15 is 0 Å². The van der Waals surface area contributed by atoms with E-state index in [-0.39, 0.29) is 6.10 Å². The molecule has 0 spiro atoms. The van der Waals surface area contributed by atoms with Gasteiger partial charge in [0, 0.05) is 6.10 Å². The van der Waals surface area contributed by atoms with Gasteiger partial charge in [0.15, 0.2) is 4.75 Å². The van der Waals surface area contributed by atoms with Crippen molar-refractivity contribution in [2.45, 2.75) is 20.0 Å². The Labute approximate surface area is 41.2 Å². The van der Waals surface area contributed by atoms with Crippen LogP contribution < -0.4 is 5.26 Å². The van der Waals surface area contributed by atoms with E-state index in [9.17, 15) is 0 Å². The van der Waals surface area contributed by atoms with E-state index in [4.69, 9.17) is 15.3 Å². The molecule has 0 aromatic rings. The van der Waals surface area contributed by atoms with Crippen LogP contribution in [0.4, 0.5) is 0 Å². The maximum atomic E-state index is 8.06. The summed E-state index contributed by atoms with van der Waals surface area (Å²) in [4.78, 5) is 7.88. The van der Waals surface area contributed by atoms with Crippen LogP contribution in [0.15, 0.2) is 0 Å². The fourth-order valence-electron chi connectivity index (χ4n) is 0. The van der Waals surface area contributed by atoms with Gasteiger partial charge < -0.3 is 5.11 Å². The molecule has 0 saturated heterocycles. The summed E-state index contributed by atoms with van der Waals surface area (Å²) in [6.07, 6.45) is -0.167. The molecule has 0 rings (SSSR count). The average Bonchev–Trinajstić information content (AvgIpc) is 1.33. The third-order valence-corrected chi connectivity index (χ3v) is 0. The number of rotatable bonds is 0. The molecule has 0 unspecified atom stereocenters. The number of aliphatic hydroxyl groups is 1. The van der Waals surface area contributed by atoms with Crippen molar-refractivity contribution in [2.75, 3.05) is 0 Å². The maximum absolute atomic E-state index is 8.06. The first-order chi connectivity index (χ1) is 3.15. The Morgan fingerprint density at radius 1 is 1.71 bits per heavy atom. The normalized spacial score (nSPS) is 6.86. The van der Waals surface area contributed by atoms with Crippen LogP contribution in [0.2, 0.25) is 0 Å². The van der Waals surface area contributed by atoms with Crippen LogP contribution in [0.1, 0.15) is 13.8 Å². The number of aliphatic hydroxyl groups excluding tert-OH is 1. The second-order valence-corrected chi connectivity index (χ2v) is 1.16. The van der Waals surface area contributed by atoms with E-state index in [1.165, 1.54) is 0 Å². The summed E-state index contributed by atoms with van der Waals surface area (Å²) in [6, 6.07) is 0. The van der Waals surface area contributed by atoms with Gasteiger partial charge in [-0.05, 0) is 13.8 Å². The molecule has 0 radical (unpaired) electrons. The first-order valence-corrected chi connectivity index (χ1v) is 1.75. The third-order valence-electron chi connectivity index (χ3n) is 0. The van der Waals surface area contributed by atoms with Crippen molar-refractivity contribution >= 4 is 0 Å². The van der Waals surface area contributed by atoms with Crippen molar-refractivity contribution in [3.63, 3.8) is 0 Å². The molecule has 0 aliphatic carbocycles. The topological polar surface area (TPSA) is 71.7 Å². The highest BCUT2D eigenvalue weighted by Crippen LogP contribution is 1.65. The Morgan fingerprint density at radius 3 is 1.71 bits per heavy atom. The summed E-state index contributed by atoms with van der Waals surface area (Å²) >= 11 is 0. The smallest absolute Gasteiger partial charge is 0.154 e. The Hall–Kier alpha value is -0.640. The molecule has 0 saturated carbocycles. The Kier molecular flexibility index (Phi) is 12.4. The monoisotopic (exact) mass is 108 g/mol. The third kappa shape index (κ3) is 148. The van der Waals surface area contributed by atoms with Gasteiger partial charge in [0.1, 0.15) is 0 Å². The summed E-state index contributed by atoms with van der Waals surface area (Å²) < 4.78 is 1.75. The largest absolute Gasteiger partial charge is 0.394 e. The van der Waals surface area contributed by atoms with Gasteiger partial charge in [0.05, 0.1) is 0 Å². The van der Waals surface area contributed by atoms with Gasteiger partial charge in [-0.3, -0.25) is 0 Å². The van der Waals surface area contributed by atoms with Crippen molar-refractivity contribution < 1.29 is 10.4 Å². The standard InChI is InChI=1S/C3H8O.O3/c1-3(2)4;1-3-2/h3-4H,1-2H3;. The molecule has 0 atom stereocenters. The minimum atomic E-state index is -0.167. The lowest BCUT2D eigenvalue weighted by atomic mass is 10.5. The lowest BCUT2D eigenvalue weighted by molar-refractivity contribution is -0.284. The fraction of sp³-hybridized carbons (Fsp3) is 1.00. The van der Waals surface area contributed by atoms with Crippen molar-refractivity contribution in [2.24, 2.45) is 0 Å². The van der Waals surface area contributed by atoms with Gasteiger partial charge in [0.25, 0.3) is 0 Å². The SMILES string of the molecule is CC(C)O.O=[O+][O-]. The van der Waals surface area contributed by atoms with Gasteiger partial charge in [-0.2, -0.15) is 0 Å². The Balaban J connectivity index is 0. The summed E-state index contributed by atoms with van der Waals surface area (Å²) in [5.74, 6) is 0. The predicted molar refractivity (Wildman–Crippen MR) is 24.1 cm³/mol. The predicted octanol–water partition coefficient (Wildman–Crippen LogP) is -0.735. The highest BCUT2D eigenvalue weighted by atomic mass is 17.2. The van der Waals surface area contributed by atoms with Crippen molar-refractivity contribution in [1.29, 1.82) is 0 Å². The summed E-state index contributed by atoms with van der Waals surface area (Å²) in [7, 11) is 0. The van der Waals surface area contributed by atoms with Crippen LogP contribution >= 0.6 is 0 Å². The molecular weight excluding hydrogens is 100 g/mol. The molecule has 4 heteroatoms. The molecule has 0 bridgehead atoms. The van der Waals surface area contributed by atoms with Gasteiger partial charge >= 0.3 is 0 Å². The second-order valence-electron chi connectivity index (χ2n) is 1.16. The summed E-state index contributed by atoms with van der Waals surface area (Å²) in [5.41, 5.74) is 0. The Morgan fingerprint density at radius 2 is 1.71 bits per heavy atom. The van der Waals surface area contributed by atoms with Crippen LogP contribution in [0, 0.1) is 9.71 Å². The first-order valence-electron chi connectivity index (χ1n) is 1.75. The van der Waals surface area contributed by atoms with Crippen molar-refractivity contribution in [3.8, 4) is 0 Å². The number of hydrogen-bond acceptors (Lipinski definition) is 3. The second kappa shape index (κ2) is 9.03. The molecule has 0 heterocycles. The van der Waals surface area contributed by atoms with E-state index in [1.807, 2.05) is 0 Å². The lowest BCUT2D eigenvalue weighted by Gasteiger charge is -1.80. The molecule has 1 N–H and O–H groups in total. The zero-order valence-electron chi connectivity index (χ0n) is 4.25. The molecule has 0 aliphatic rings. The van der Waals surface area contributed by atoms with Crippen LogP contribution in [0.5, 0.6) is 0 Å². The average molecular weight is 108 g/mol. The maximum Gasteiger partial charge on any atom is 0.154 e. The zero-order chi connectivity index (χ0) is 6.28.